The van der Waals surface area contributed by atoms with E-state index >= 15 is 0 Å². The molecule has 1 N–H and O–H groups in total. The molecule has 0 spiro atoms. The number of hydrogen-bond acceptors (Lipinski definition) is 6. The van der Waals surface area contributed by atoms with Gasteiger partial charge in [0.05, 0.1) is 24.2 Å². The first kappa shape index (κ1) is 16.8. The van der Waals surface area contributed by atoms with Crippen LogP contribution in [0.3, 0.4) is 0 Å². The van der Waals surface area contributed by atoms with E-state index in [1.165, 1.54) is 11.8 Å². The summed E-state index contributed by atoms with van der Waals surface area (Å²) in [5.74, 6) is 1.39. The maximum Gasteiger partial charge on any atom is 0.235 e. The largest absolute Gasteiger partial charge is 0.375 e. The Labute approximate surface area is 133 Å². The van der Waals surface area contributed by atoms with Crippen LogP contribution in [0, 0.1) is 6.92 Å². The van der Waals surface area contributed by atoms with E-state index in [0.717, 1.165) is 6.42 Å². The van der Waals surface area contributed by atoms with E-state index < -0.39 is 0 Å². The molecule has 22 heavy (non-hydrogen) atoms. The lowest BCUT2D eigenvalue weighted by Crippen LogP contribution is -2.46. The third-order valence-electron chi connectivity index (χ3n) is 3.30. The van der Waals surface area contributed by atoms with Crippen molar-refractivity contribution in [3.05, 3.63) is 11.8 Å². The number of ether oxygens (including phenoxy) is 1. The number of carbonyl (C=O) groups is 2. The van der Waals surface area contributed by atoms with Crippen LogP contribution >= 0.6 is 11.8 Å². The predicted octanol–water partition coefficient (Wildman–Crippen LogP) is 1.29. The number of aromatic nitrogens is 1. The topological polar surface area (TPSA) is 84.7 Å². The van der Waals surface area contributed by atoms with Crippen molar-refractivity contribution < 1.29 is 18.8 Å². The van der Waals surface area contributed by atoms with Crippen molar-refractivity contribution in [1.29, 1.82) is 0 Å². The molecule has 0 aromatic carbocycles. The molecule has 8 heteroatoms. The Morgan fingerprint density at radius 1 is 1.50 bits per heavy atom. The van der Waals surface area contributed by atoms with Gasteiger partial charge in [-0.2, -0.15) is 0 Å². The fraction of sp³-hybridized carbons (Fsp3) is 0.643. The SMILES string of the molecule is CCC1CN(C(=O)CSCC(=O)Nc2cc(C)on2)CCO1. The fourth-order valence-corrected chi connectivity index (χ4v) is 2.84. The zero-order valence-corrected chi connectivity index (χ0v) is 13.6. The molecular weight excluding hydrogens is 306 g/mol. The van der Waals surface area contributed by atoms with E-state index in [0.29, 0.717) is 37.0 Å². The Bertz CT molecular complexity index is 520. The number of thioether (sulfide) groups is 1. The lowest BCUT2D eigenvalue weighted by Gasteiger charge is -2.32. The van der Waals surface area contributed by atoms with E-state index in [2.05, 4.69) is 10.5 Å². The first-order valence-corrected chi connectivity index (χ1v) is 8.44. The molecule has 2 rings (SSSR count). The van der Waals surface area contributed by atoms with Crippen LogP contribution < -0.4 is 5.32 Å². The lowest BCUT2D eigenvalue weighted by atomic mass is 10.2. The van der Waals surface area contributed by atoms with Crippen LogP contribution in [-0.2, 0) is 14.3 Å². The standard InChI is InChI=1S/C14H21N3O4S/c1-3-11-7-17(4-5-20-11)14(19)9-22-8-13(18)15-12-6-10(2)21-16-12/h6,11H,3-5,7-9H2,1-2H3,(H,15,16,18). The van der Waals surface area contributed by atoms with Crippen molar-refractivity contribution in [2.24, 2.45) is 0 Å². The van der Waals surface area contributed by atoms with Crippen LogP contribution in [0.1, 0.15) is 19.1 Å². The molecule has 0 saturated carbocycles. The molecule has 1 aromatic rings. The second kappa shape index (κ2) is 8.19. The summed E-state index contributed by atoms with van der Waals surface area (Å²) in [4.78, 5) is 25.6. The van der Waals surface area contributed by atoms with Crippen molar-refractivity contribution in [1.82, 2.24) is 10.1 Å². The molecule has 1 saturated heterocycles. The van der Waals surface area contributed by atoms with Crippen LogP contribution in [-0.4, -0.2) is 59.2 Å². The quantitative estimate of drug-likeness (QED) is 0.847. The van der Waals surface area contributed by atoms with Crippen molar-refractivity contribution in [3.8, 4) is 0 Å². The second-order valence-corrected chi connectivity index (χ2v) is 6.09. The molecule has 1 atom stereocenters. The lowest BCUT2D eigenvalue weighted by molar-refractivity contribution is -0.135. The van der Waals surface area contributed by atoms with Crippen molar-refractivity contribution in [3.63, 3.8) is 0 Å². The number of rotatable bonds is 6. The van der Waals surface area contributed by atoms with Crippen LogP contribution in [0.2, 0.25) is 0 Å². The number of carbonyl (C=O) groups excluding carboxylic acids is 2. The van der Waals surface area contributed by atoms with Gasteiger partial charge in [0.1, 0.15) is 5.76 Å². The zero-order chi connectivity index (χ0) is 15.9. The molecule has 1 aliphatic rings. The van der Waals surface area contributed by atoms with E-state index in [9.17, 15) is 9.59 Å². The summed E-state index contributed by atoms with van der Waals surface area (Å²) in [6, 6.07) is 1.65. The maximum absolute atomic E-state index is 12.1. The van der Waals surface area contributed by atoms with E-state index in [4.69, 9.17) is 9.26 Å². The van der Waals surface area contributed by atoms with E-state index in [1.807, 2.05) is 11.8 Å². The molecule has 1 aliphatic heterocycles. The summed E-state index contributed by atoms with van der Waals surface area (Å²) >= 11 is 1.30. The van der Waals surface area contributed by atoms with Crippen LogP contribution in [0.4, 0.5) is 5.82 Å². The Morgan fingerprint density at radius 2 is 2.32 bits per heavy atom. The number of amides is 2. The minimum atomic E-state index is -0.195. The Balaban J connectivity index is 1.67. The summed E-state index contributed by atoms with van der Waals surface area (Å²) in [7, 11) is 0. The number of aryl methyl sites for hydroxylation is 1. The Kier molecular flexibility index (Phi) is 6.26. The number of anilines is 1. The highest BCUT2D eigenvalue weighted by Gasteiger charge is 2.22. The molecule has 0 aliphatic carbocycles. The number of morpholine rings is 1. The Morgan fingerprint density at radius 3 is 3.00 bits per heavy atom. The van der Waals surface area contributed by atoms with Crippen molar-refractivity contribution in [2.45, 2.75) is 26.4 Å². The predicted molar refractivity (Wildman–Crippen MR) is 83.8 cm³/mol. The van der Waals surface area contributed by atoms with Gasteiger partial charge in [0.15, 0.2) is 5.82 Å². The first-order chi connectivity index (χ1) is 10.6. The van der Waals surface area contributed by atoms with E-state index in [1.54, 1.807) is 13.0 Å². The number of nitrogens with zero attached hydrogens (tertiary/aromatic N) is 2. The normalized spacial score (nSPS) is 18.3. The molecule has 122 valence electrons. The monoisotopic (exact) mass is 327 g/mol. The molecular formula is C14H21N3O4S. The Hall–Kier alpha value is -1.54. The molecule has 2 amide bonds. The number of nitrogens with one attached hydrogen (secondary N) is 1. The summed E-state index contributed by atoms with van der Waals surface area (Å²) < 4.78 is 10.4. The second-order valence-electron chi connectivity index (χ2n) is 5.10. The minimum absolute atomic E-state index is 0.0526. The van der Waals surface area contributed by atoms with Gasteiger partial charge in [0.2, 0.25) is 11.8 Å². The smallest absolute Gasteiger partial charge is 0.235 e. The molecule has 0 radical (unpaired) electrons. The molecule has 0 bridgehead atoms. The summed E-state index contributed by atoms with van der Waals surface area (Å²) in [6.07, 6.45) is 1.03. The van der Waals surface area contributed by atoms with Gasteiger partial charge < -0.3 is 19.5 Å². The summed E-state index contributed by atoms with van der Waals surface area (Å²) in [5.41, 5.74) is 0. The average molecular weight is 327 g/mol. The minimum Gasteiger partial charge on any atom is -0.375 e. The molecule has 7 nitrogen and oxygen atoms in total. The van der Waals surface area contributed by atoms with Gasteiger partial charge >= 0.3 is 0 Å². The highest BCUT2D eigenvalue weighted by Crippen LogP contribution is 2.12. The molecule has 1 aromatic heterocycles. The zero-order valence-electron chi connectivity index (χ0n) is 12.8. The summed E-state index contributed by atoms with van der Waals surface area (Å²) in [5, 5.41) is 6.31. The highest BCUT2D eigenvalue weighted by atomic mass is 32.2. The van der Waals surface area contributed by atoms with E-state index in [-0.39, 0.29) is 23.7 Å². The van der Waals surface area contributed by atoms with Gasteiger partial charge in [-0.3, -0.25) is 9.59 Å². The first-order valence-electron chi connectivity index (χ1n) is 7.28. The third-order valence-corrected chi connectivity index (χ3v) is 4.22. The van der Waals surface area contributed by atoms with Gasteiger partial charge in [-0.1, -0.05) is 12.1 Å². The van der Waals surface area contributed by atoms with Gasteiger partial charge in [-0.25, -0.2) is 0 Å². The van der Waals surface area contributed by atoms with Gasteiger partial charge in [-0.05, 0) is 13.3 Å². The van der Waals surface area contributed by atoms with Crippen LogP contribution in [0.5, 0.6) is 0 Å². The summed E-state index contributed by atoms with van der Waals surface area (Å²) in [6.45, 7) is 5.65. The molecule has 2 heterocycles. The fourth-order valence-electron chi connectivity index (χ4n) is 2.12. The molecule has 1 unspecified atom stereocenters. The maximum atomic E-state index is 12.1. The van der Waals surface area contributed by atoms with Crippen LogP contribution in [0.15, 0.2) is 10.6 Å². The molecule has 1 fully saturated rings. The van der Waals surface area contributed by atoms with Crippen LogP contribution in [0.25, 0.3) is 0 Å². The third kappa shape index (κ3) is 5.03. The highest BCUT2D eigenvalue weighted by molar-refractivity contribution is 8.00. The number of hydrogen-bond donors (Lipinski definition) is 1. The van der Waals surface area contributed by atoms with Gasteiger partial charge in [-0.15, -0.1) is 11.8 Å². The van der Waals surface area contributed by atoms with Crippen molar-refractivity contribution in [2.75, 3.05) is 36.5 Å². The van der Waals surface area contributed by atoms with Gasteiger partial charge in [0, 0.05) is 19.2 Å². The van der Waals surface area contributed by atoms with Gasteiger partial charge in [0.25, 0.3) is 0 Å². The average Bonchev–Trinajstić information content (AvgIpc) is 2.92. The van der Waals surface area contributed by atoms with Crippen molar-refractivity contribution >= 4 is 29.4 Å².